The number of nitrogens with zero attached hydrogens (tertiary/aromatic N) is 1. The Morgan fingerprint density at radius 1 is 1.20 bits per heavy atom. The zero-order valence-electron chi connectivity index (χ0n) is 14.1. The van der Waals surface area contributed by atoms with Crippen LogP contribution in [0.3, 0.4) is 0 Å². The van der Waals surface area contributed by atoms with Gasteiger partial charge in [-0.3, -0.25) is 4.90 Å². The van der Waals surface area contributed by atoms with Crippen molar-refractivity contribution in [2.24, 2.45) is 5.41 Å². The number of rotatable bonds is 8. The van der Waals surface area contributed by atoms with Crippen LogP contribution in [0.2, 0.25) is 0 Å². The molecule has 1 aliphatic rings. The van der Waals surface area contributed by atoms with Crippen molar-refractivity contribution in [1.82, 2.24) is 10.2 Å². The van der Waals surface area contributed by atoms with E-state index in [0.29, 0.717) is 17.5 Å². The van der Waals surface area contributed by atoms with Gasteiger partial charge < -0.3 is 14.8 Å². The molecule has 0 bridgehead atoms. The highest BCUT2D eigenvalue weighted by Crippen LogP contribution is 2.24. The predicted molar refractivity (Wildman–Crippen MR) is 84.2 cm³/mol. The highest BCUT2D eigenvalue weighted by Gasteiger charge is 2.32. The fourth-order valence-corrected chi connectivity index (χ4v) is 2.70. The Hall–Kier alpha value is -0.160. The summed E-state index contributed by atoms with van der Waals surface area (Å²) in [6.07, 6.45) is 2.19. The number of methoxy groups -OCH3 is 1. The molecule has 1 N–H and O–H groups in total. The van der Waals surface area contributed by atoms with Gasteiger partial charge in [-0.15, -0.1) is 0 Å². The molecular weight excluding hydrogens is 252 g/mol. The minimum Gasteiger partial charge on any atom is -0.385 e. The second-order valence-corrected chi connectivity index (χ2v) is 6.84. The zero-order valence-corrected chi connectivity index (χ0v) is 14.1. The Kier molecular flexibility index (Phi) is 8.03. The van der Waals surface area contributed by atoms with Gasteiger partial charge in [0.15, 0.2) is 0 Å². The van der Waals surface area contributed by atoms with Gasteiger partial charge in [0, 0.05) is 52.0 Å². The second kappa shape index (κ2) is 8.98. The van der Waals surface area contributed by atoms with Crippen LogP contribution < -0.4 is 5.32 Å². The highest BCUT2D eigenvalue weighted by molar-refractivity contribution is 4.91. The van der Waals surface area contributed by atoms with Gasteiger partial charge in [0.1, 0.15) is 0 Å². The maximum Gasteiger partial charge on any atom is 0.0593 e. The molecule has 4 heteroatoms. The summed E-state index contributed by atoms with van der Waals surface area (Å²) >= 11 is 0. The summed E-state index contributed by atoms with van der Waals surface area (Å²) in [6, 6.07) is 1.22. The number of hydrogen-bond acceptors (Lipinski definition) is 4. The fourth-order valence-electron chi connectivity index (χ4n) is 2.70. The first-order chi connectivity index (χ1) is 9.49. The van der Waals surface area contributed by atoms with E-state index in [4.69, 9.17) is 9.47 Å². The SMILES string of the molecule is CCC1CNC(C(C)(C)C)CN1CCOCCCOC. The fraction of sp³-hybridized carbons (Fsp3) is 1.00. The molecule has 1 rings (SSSR count). The third-order valence-electron chi connectivity index (χ3n) is 4.21. The van der Waals surface area contributed by atoms with Crippen molar-refractivity contribution in [3.8, 4) is 0 Å². The quantitative estimate of drug-likeness (QED) is 0.693. The van der Waals surface area contributed by atoms with E-state index in [1.807, 2.05) is 0 Å². The topological polar surface area (TPSA) is 33.7 Å². The molecule has 0 aromatic heterocycles. The summed E-state index contributed by atoms with van der Waals surface area (Å²) in [5.74, 6) is 0. The largest absolute Gasteiger partial charge is 0.385 e. The van der Waals surface area contributed by atoms with Gasteiger partial charge in [0.05, 0.1) is 6.61 Å². The average molecular weight is 286 g/mol. The molecule has 0 amide bonds. The van der Waals surface area contributed by atoms with Crippen LogP contribution in [-0.4, -0.2) is 63.5 Å². The zero-order chi connectivity index (χ0) is 15.0. The molecule has 20 heavy (non-hydrogen) atoms. The average Bonchev–Trinajstić information content (AvgIpc) is 2.41. The maximum absolute atomic E-state index is 5.71. The summed E-state index contributed by atoms with van der Waals surface area (Å²) in [7, 11) is 1.74. The maximum atomic E-state index is 5.71. The molecule has 2 atom stereocenters. The third kappa shape index (κ3) is 6.08. The van der Waals surface area contributed by atoms with E-state index in [0.717, 1.165) is 45.9 Å². The number of ether oxygens (including phenoxy) is 2. The van der Waals surface area contributed by atoms with E-state index in [1.54, 1.807) is 7.11 Å². The lowest BCUT2D eigenvalue weighted by atomic mass is 9.84. The van der Waals surface area contributed by atoms with Gasteiger partial charge in [0.2, 0.25) is 0 Å². The predicted octanol–water partition coefficient (Wildman–Crippen LogP) is 2.14. The van der Waals surface area contributed by atoms with Crippen molar-refractivity contribution in [2.45, 2.75) is 52.6 Å². The Morgan fingerprint density at radius 2 is 1.95 bits per heavy atom. The molecule has 0 spiro atoms. The van der Waals surface area contributed by atoms with Crippen molar-refractivity contribution >= 4 is 0 Å². The second-order valence-electron chi connectivity index (χ2n) is 6.84. The molecule has 0 aromatic carbocycles. The van der Waals surface area contributed by atoms with Crippen LogP contribution in [-0.2, 0) is 9.47 Å². The first-order valence-corrected chi connectivity index (χ1v) is 8.03. The van der Waals surface area contributed by atoms with Crippen LogP contribution >= 0.6 is 0 Å². The van der Waals surface area contributed by atoms with Crippen molar-refractivity contribution < 1.29 is 9.47 Å². The molecule has 0 aromatic rings. The van der Waals surface area contributed by atoms with Crippen LogP contribution in [0, 0.1) is 5.41 Å². The molecular formula is C16H34N2O2. The van der Waals surface area contributed by atoms with Crippen molar-refractivity contribution in [2.75, 3.05) is 46.6 Å². The Balaban J connectivity index is 2.31. The Bertz CT molecular complexity index is 253. The van der Waals surface area contributed by atoms with Crippen LogP contribution in [0.5, 0.6) is 0 Å². The summed E-state index contributed by atoms with van der Waals surface area (Å²) in [5, 5.41) is 3.71. The third-order valence-corrected chi connectivity index (χ3v) is 4.21. The van der Waals surface area contributed by atoms with E-state index in [9.17, 15) is 0 Å². The van der Waals surface area contributed by atoms with Gasteiger partial charge in [-0.05, 0) is 18.3 Å². The molecule has 1 heterocycles. The van der Waals surface area contributed by atoms with Gasteiger partial charge in [-0.25, -0.2) is 0 Å². The molecule has 1 saturated heterocycles. The van der Waals surface area contributed by atoms with Crippen LogP contribution in [0.1, 0.15) is 40.5 Å². The molecule has 0 radical (unpaired) electrons. The Labute approximate surface area is 125 Å². The monoisotopic (exact) mass is 286 g/mol. The molecule has 120 valence electrons. The number of piperazine rings is 1. The van der Waals surface area contributed by atoms with Gasteiger partial charge in [0.25, 0.3) is 0 Å². The molecule has 0 saturated carbocycles. The van der Waals surface area contributed by atoms with E-state index in [-0.39, 0.29) is 0 Å². The summed E-state index contributed by atoms with van der Waals surface area (Å²) < 4.78 is 10.7. The first kappa shape index (κ1) is 17.9. The minimum absolute atomic E-state index is 0.316. The minimum atomic E-state index is 0.316. The smallest absolute Gasteiger partial charge is 0.0593 e. The van der Waals surface area contributed by atoms with Crippen molar-refractivity contribution in [3.05, 3.63) is 0 Å². The first-order valence-electron chi connectivity index (χ1n) is 8.03. The number of nitrogens with one attached hydrogen (secondary N) is 1. The van der Waals surface area contributed by atoms with E-state index < -0.39 is 0 Å². The molecule has 1 fully saturated rings. The molecule has 1 aliphatic heterocycles. The molecule has 4 nitrogen and oxygen atoms in total. The summed E-state index contributed by atoms with van der Waals surface area (Å²) in [4.78, 5) is 2.60. The van der Waals surface area contributed by atoms with E-state index in [1.165, 1.54) is 6.42 Å². The van der Waals surface area contributed by atoms with Crippen molar-refractivity contribution in [1.29, 1.82) is 0 Å². The van der Waals surface area contributed by atoms with Gasteiger partial charge >= 0.3 is 0 Å². The highest BCUT2D eigenvalue weighted by atomic mass is 16.5. The summed E-state index contributed by atoms with van der Waals surface area (Å²) in [5.41, 5.74) is 0.316. The molecule has 0 aliphatic carbocycles. The Morgan fingerprint density at radius 3 is 2.55 bits per heavy atom. The lowest BCUT2D eigenvalue weighted by molar-refractivity contribution is 0.0399. The van der Waals surface area contributed by atoms with Crippen LogP contribution in [0.15, 0.2) is 0 Å². The standard InChI is InChI=1S/C16H34N2O2/c1-6-14-12-17-15(16(2,3)4)13-18(14)8-11-20-10-7-9-19-5/h14-15,17H,6-13H2,1-5H3. The van der Waals surface area contributed by atoms with Crippen LogP contribution in [0.4, 0.5) is 0 Å². The van der Waals surface area contributed by atoms with Gasteiger partial charge in [-0.1, -0.05) is 27.7 Å². The van der Waals surface area contributed by atoms with Crippen LogP contribution in [0.25, 0.3) is 0 Å². The van der Waals surface area contributed by atoms with E-state index in [2.05, 4.69) is 37.9 Å². The van der Waals surface area contributed by atoms with Crippen molar-refractivity contribution in [3.63, 3.8) is 0 Å². The van der Waals surface area contributed by atoms with E-state index >= 15 is 0 Å². The summed E-state index contributed by atoms with van der Waals surface area (Å²) in [6.45, 7) is 14.9. The molecule has 2 unspecified atom stereocenters. The lowest BCUT2D eigenvalue weighted by Gasteiger charge is -2.45. The lowest BCUT2D eigenvalue weighted by Crippen LogP contribution is -2.60. The number of hydrogen-bond donors (Lipinski definition) is 1. The normalized spacial score (nSPS) is 25.1. The van der Waals surface area contributed by atoms with Gasteiger partial charge in [-0.2, -0.15) is 0 Å².